The number of rotatable bonds is 2. The second-order valence-corrected chi connectivity index (χ2v) is 6.77. The number of nitrogens with zero attached hydrogens (tertiary/aromatic N) is 1. The molecule has 7 atom stereocenters. The van der Waals surface area contributed by atoms with Crippen molar-refractivity contribution in [1.29, 1.82) is 0 Å². The van der Waals surface area contributed by atoms with Gasteiger partial charge in [-0.25, -0.2) is 0 Å². The van der Waals surface area contributed by atoms with Crippen LogP contribution in [-0.4, -0.2) is 71.6 Å². The molecule has 3 rings (SSSR count). The van der Waals surface area contributed by atoms with Crippen LogP contribution in [0.2, 0.25) is 0 Å². The lowest BCUT2D eigenvalue weighted by atomic mass is 9.68. The third kappa shape index (κ3) is 2.10. The molecule has 6 N–H and O–H groups in total. The molecule has 2 heterocycles. The first-order valence-corrected chi connectivity index (χ1v) is 7.73. The average molecular weight is 380 g/mol. The van der Waals surface area contributed by atoms with Gasteiger partial charge in [0.25, 0.3) is 0 Å². The van der Waals surface area contributed by atoms with Crippen molar-refractivity contribution in [3.63, 3.8) is 0 Å². The molecule has 0 amide bonds. The second kappa shape index (κ2) is 5.60. The Morgan fingerprint density at radius 3 is 2.42 bits per heavy atom. The molecule has 10 heteroatoms. The summed E-state index contributed by atoms with van der Waals surface area (Å²) in [7, 11) is 0. The Bertz CT molecular complexity index is 685. The Balaban J connectivity index is 2.21. The lowest BCUT2D eigenvalue weighted by molar-refractivity contribution is -0.364. The molecule has 8 nitrogen and oxygen atoms in total. The van der Waals surface area contributed by atoms with E-state index in [1.54, 1.807) is 6.07 Å². The fraction of sp³-hybridized carbons (Fsp3) is 0.500. The van der Waals surface area contributed by atoms with E-state index in [-0.39, 0.29) is 11.3 Å². The molecule has 0 saturated carbocycles. The predicted molar refractivity (Wildman–Crippen MR) is 83.0 cm³/mol. The summed E-state index contributed by atoms with van der Waals surface area (Å²) in [5.74, 6) is 0. The molecule has 1 saturated heterocycles. The highest BCUT2D eigenvalue weighted by Crippen LogP contribution is 2.53. The summed E-state index contributed by atoms with van der Waals surface area (Å²) in [6, 6.07) is 6.08. The Hall–Kier alpha value is -0.810. The normalized spacial score (nSPS) is 45.9. The van der Waals surface area contributed by atoms with Crippen LogP contribution in [0.4, 0.5) is 5.69 Å². The number of hydrogen-bond acceptors (Lipinski definition) is 8. The molecule has 1 aromatic rings. The average Bonchev–Trinajstić information content (AvgIpc) is 2.88. The molecule has 2 unspecified atom stereocenters. The van der Waals surface area contributed by atoms with Gasteiger partial charge in [-0.15, -0.1) is 0 Å². The van der Waals surface area contributed by atoms with E-state index in [9.17, 15) is 30.6 Å². The number of para-hydroxylation sites is 1. The lowest BCUT2D eigenvalue weighted by Crippen LogP contribution is -2.80. The van der Waals surface area contributed by atoms with Gasteiger partial charge in [-0.3, -0.25) is 4.99 Å². The molecule has 2 aliphatic rings. The smallest absolute Gasteiger partial charge is 0.204 e. The summed E-state index contributed by atoms with van der Waals surface area (Å²) in [6.45, 7) is 0. The molecular formula is C14H15Cl2NO7. The van der Waals surface area contributed by atoms with Gasteiger partial charge in [0.2, 0.25) is 5.06 Å². The maximum Gasteiger partial charge on any atom is 0.204 e. The number of aliphatic imine (C=N–C) groups is 1. The number of aliphatic hydroxyl groups is 6. The Morgan fingerprint density at radius 2 is 1.79 bits per heavy atom. The van der Waals surface area contributed by atoms with Crippen LogP contribution in [0.5, 0.6) is 0 Å². The minimum atomic E-state index is -3.02. The van der Waals surface area contributed by atoms with E-state index in [1.165, 1.54) is 18.2 Å². The zero-order chi connectivity index (χ0) is 17.9. The number of alkyl halides is 2. The summed E-state index contributed by atoms with van der Waals surface area (Å²) < 4.78 is 4.79. The van der Waals surface area contributed by atoms with Crippen molar-refractivity contribution in [3.8, 4) is 0 Å². The van der Waals surface area contributed by atoms with Crippen LogP contribution in [0.25, 0.3) is 0 Å². The molecule has 1 fully saturated rings. The number of ether oxygens (including phenoxy) is 1. The van der Waals surface area contributed by atoms with E-state index in [0.29, 0.717) is 0 Å². The number of hydrogen-bond donors (Lipinski definition) is 6. The number of benzene rings is 1. The first-order chi connectivity index (χ1) is 11.1. The molecule has 0 spiro atoms. The largest absolute Gasteiger partial charge is 0.384 e. The van der Waals surface area contributed by atoms with E-state index in [2.05, 4.69) is 4.99 Å². The summed E-state index contributed by atoms with van der Waals surface area (Å²) in [5, 5.41) is 59.4. The maximum absolute atomic E-state index is 11.1. The van der Waals surface area contributed by atoms with Gasteiger partial charge in [-0.2, -0.15) is 0 Å². The van der Waals surface area contributed by atoms with Crippen molar-refractivity contribution in [2.75, 3.05) is 0 Å². The first-order valence-electron chi connectivity index (χ1n) is 6.92. The van der Waals surface area contributed by atoms with Gasteiger partial charge in [0, 0.05) is 11.8 Å². The third-order valence-corrected chi connectivity index (χ3v) is 5.16. The fourth-order valence-electron chi connectivity index (χ4n) is 3.13. The van der Waals surface area contributed by atoms with E-state index in [0.717, 1.165) is 6.21 Å². The summed E-state index contributed by atoms with van der Waals surface area (Å²) in [6.07, 6.45) is -5.41. The molecular weight excluding hydrogens is 365 g/mol. The number of halogens is 2. The van der Waals surface area contributed by atoms with Crippen LogP contribution in [0.1, 0.15) is 5.56 Å². The SMILES string of the molecule is OC(Cl)[C@H]1O[C@H](O)[C@@H](O)[C@](O)(C2(O)C=Nc3ccccc32)[C@@]1(O)Cl. The minimum absolute atomic E-state index is 0.0301. The van der Waals surface area contributed by atoms with Crippen LogP contribution in [0.15, 0.2) is 29.3 Å². The van der Waals surface area contributed by atoms with Gasteiger partial charge >= 0.3 is 0 Å². The maximum atomic E-state index is 11.1. The van der Waals surface area contributed by atoms with Crippen LogP contribution < -0.4 is 0 Å². The van der Waals surface area contributed by atoms with Gasteiger partial charge in [0.1, 0.15) is 12.2 Å². The number of fused-ring (bicyclic) bond motifs is 1. The molecule has 24 heavy (non-hydrogen) atoms. The van der Waals surface area contributed by atoms with Crippen LogP contribution in [0, 0.1) is 0 Å². The summed E-state index contributed by atoms with van der Waals surface area (Å²) >= 11 is 11.5. The van der Waals surface area contributed by atoms with Crippen molar-refractivity contribution in [1.82, 2.24) is 0 Å². The molecule has 0 bridgehead atoms. The highest BCUT2D eigenvalue weighted by molar-refractivity contribution is 6.26. The molecule has 0 aromatic heterocycles. The molecule has 132 valence electrons. The Morgan fingerprint density at radius 1 is 1.17 bits per heavy atom. The van der Waals surface area contributed by atoms with Crippen LogP contribution >= 0.6 is 23.2 Å². The van der Waals surface area contributed by atoms with Crippen molar-refractivity contribution < 1.29 is 35.4 Å². The van der Waals surface area contributed by atoms with Gasteiger partial charge in [-0.05, 0) is 6.07 Å². The van der Waals surface area contributed by atoms with Gasteiger partial charge in [0.15, 0.2) is 23.1 Å². The van der Waals surface area contributed by atoms with Gasteiger partial charge in [0.05, 0.1) is 5.69 Å². The van der Waals surface area contributed by atoms with E-state index in [4.69, 9.17) is 27.9 Å². The van der Waals surface area contributed by atoms with Crippen molar-refractivity contribution in [2.45, 2.75) is 40.3 Å². The highest BCUT2D eigenvalue weighted by atomic mass is 35.5. The topological polar surface area (TPSA) is 143 Å². The van der Waals surface area contributed by atoms with E-state index >= 15 is 0 Å². The lowest BCUT2D eigenvalue weighted by Gasteiger charge is -2.56. The van der Waals surface area contributed by atoms with Crippen molar-refractivity contribution in [3.05, 3.63) is 29.8 Å². The number of aliphatic hydroxyl groups excluding tert-OH is 3. The van der Waals surface area contributed by atoms with Crippen molar-refractivity contribution >= 4 is 35.1 Å². The standard InChI is InChI=1S/C14H15Cl2NO7/c15-10(19)9-14(16,23)13(22,8(18)11(20)24-9)12(21)5-17-7-4-2-1-3-6(7)12/h1-5,8-11,18-23H/t8-,9-,10?,11+,12?,13+,14-/m1/s1. The van der Waals surface area contributed by atoms with Crippen LogP contribution in [-0.2, 0) is 10.3 Å². The van der Waals surface area contributed by atoms with Gasteiger partial charge < -0.3 is 35.4 Å². The van der Waals surface area contributed by atoms with Gasteiger partial charge in [-0.1, -0.05) is 41.4 Å². The molecule has 2 aliphatic heterocycles. The quantitative estimate of drug-likeness (QED) is 0.357. The zero-order valence-corrected chi connectivity index (χ0v) is 13.5. The molecule has 1 aromatic carbocycles. The summed E-state index contributed by atoms with van der Waals surface area (Å²) in [4.78, 5) is 3.93. The molecule has 0 aliphatic carbocycles. The second-order valence-electron chi connectivity index (χ2n) is 5.75. The highest BCUT2D eigenvalue weighted by Gasteiger charge is 2.74. The minimum Gasteiger partial charge on any atom is -0.384 e. The first kappa shape index (κ1) is 18.0. The predicted octanol–water partition coefficient (Wildman–Crippen LogP) is -1.12. The van der Waals surface area contributed by atoms with E-state index in [1.807, 2.05) is 0 Å². The Kier molecular flexibility index (Phi) is 4.20. The fourth-order valence-corrected chi connectivity index (χ4v) is 3.86. The Labute approximate surface area is 146 Å². The van der Waals surface area contributed by atoms with Crippen LogP contribution in [0.3, 0.4) is 0 Å². The zero-order valence-electron chi connectivity index (χ0n) is 12.0. The van der Waals surface area contributed by atoms with E-state index < -0.39 is 40.3 Å². The van der Waals surface area contributed by atoms with Crippen molar-refractivity contribution in [2.24, 2.45) is 4.99 Å². The monoisotopic (exact) mass is 379 g/mol. The third-order valence-electron chi connectivity index (χ3n) is 4.43. The molecule has 0 radical (unpaired) electrons. The summed E-state index contributed by atoms with van der Waals surface area (Å²) in [5.41, 5.74) is -7.18.